The second-order valence-electron chi connectivity index (χ2n) is 8.38. The highest BCUT2D eigenvalue weighted by atomic mass is 19.4. The van der Waals surface area contributed by atoms with Crippen molar-refractivity contribution in [1.29, 1.82) is 0 Å². The molecule has 166 valence electrons. The summed E-state index contributed by atoms with van der Waals surface area (Å²) in [7, 11) is 0. The molecule has 3 nitrogen and oxygen atoms in total. The molecule has 0 aliphatic rings. The molecular formula is C28H17F3N2O. The maximum atomic E-state index is 13.5. The molecule has 6 aromatic rings. The molecule has 34 heavy (non-hydrogen) atoms. The van der Waals surface area contributed by atoms with E-state index < -0.39 is 11.7 Å². The Bertz CT molecular complexity index is 1680. The standard InChI is InChI=1S/C28H17F3N2O/c1-16-10-20(12-21(11-16)28(29,30)31)26-22-13-17-6-2-3-7-18(17)14-23(22)27(33-32-26)25-15-19-8-4-5-9-24(19)34-25/h2-15H,1H3. The number of para-hydroxylation sites is 1. The normalized spacial score (nSPS) is 12.1. The summed E-state index contributed by atoms with van der Waals surface area (Å²) in [5, 5.41) is 13.2. The molecule has 0 spiro atoms. The van der Waals surface area contributed by atoms with Crippen LogP contribution in [0, 0.1) is 6.92 Å². The first-order valence-electron chi connectivity index (χ1n) is 10.7. The van der Waals surface area contributed by atoms with Crippen molar-refractivity contribution in [3.63, 3.8) is 0 Å². The van der Waals surface area contributed by atoms with E-state index >= 15 is 0 Å². The minimum Gasteiger partial charge on any atom is -0.454 e. The van der Waals surface area contributed by atoms with Crippen molar-refractivity contribution < 1.29 is 17.6 Å². The first-order valence-corrected chi connectivity index (χ1v) is 10.7. The van der Waals surface area contributed by atoms with Crippen LogP contribution in [0.4, 0.5) is 13.2 Å². The minimum atomic E-state index is -4.45. The third-order valence-electron chi connectivity index (χ3n) is 5.98. The number of benzene rings is 4. The summed E-state index contributed by atoms with van der Waals surface area (Å²) in [4.78, 5) is 0. The van der Waals surface area contributed by atoms with Crippen molar-refractivity contribution in [3.05, 3.63) is 96.1 Å². The van der Waals surface area contributed by atoms with E-state index in [1.165, 1.54) is 0 Å². The number of hydrogen-bond acceptors (Lipinski definition) is 3. The molecule has 0 N–H and O–H groups in total. The number of hydrogen-bond donors (Lipinski definition) is 0. The molecule has 0 aliphatic carbocycles. The molecule has 2 aromatic heterocycles. The van der Waals surface area contributed by atoms with Crippen LogP contribution in [0.25, 0.3) is 55.2 Å². The number of alkyl halides is 3. The molecule has 6 heteroatoms. The number of halogens is 3. The lowest BCUT2D eigenvalue weighted by molar-refractivity contribution is -0.137. The average molecular weight is 454 g/mol. The first-order chi connectivity index (χ1) is 16.4. The van der Waals surface area contributed by atoms with Crippen LogP contribution in [0.2, 0.25) is 0 Å². The average Bonchev–Trinajstić information content (AvgIpc) is 3.25. The second-order valence-corrected chi connectivity index (χ2v) is 8.38. The van der Waals surface area contributed by atoms with E-state index in [2.05, 4.69) is 10.2 Å². The van der Waals surface area contributed by atoms with Crippen molar-refractivity contribution in [1.82, 2.24) is 10.2 Å². The van der Waals surface area contributed by atoms with Gasteiger partial charge in [0.1, 0.15) is 17.0 Å². The van der Waals surface area contributed by atoms with Gasteiger partial charge in [0.05, 0.1) is 5.56 Å². The fourth-order valence-corrected chi connectivity index (χ4v) is 4.42. The van der Waals surface area contributed by atoms with E-state index in [4.69, 9.17) is 4.42 Å². The van der Waals surface area contributed by atoms with Gasteiger partial charge in [-0.25, -0.2) is 0 Å². The van der Waals surface area contributed by atoms with Crippen molar-refractivity contribution in [3.8, 4) is 22.7 Å². The zero-order chi connectivity index (χ0) is 23.4. The topological polar surface area (TPSA) is 38.9 Å². The van der Waals surface area contributed by atoms with E-state index in [0.717, 1.165) is 39.3 Å². The lowest BCUT2D eigenvalue weighted by Gasteiger charge is -2.13. The molecule has 4 aromatic carbocycles. The third kappa shape index (κ3) is 3.39. The molecular weight excluding hydrogens is 437 g/mol. The summed E-state index contributed by atoms with van der Waals surface area (Å²) >= 11 is 0. The highest BCUT2D eigenvalue weighted by Crippen LogP contribution is 2.39. The SMILES string of the molecule is Cc1cc(-c2nnc(-c3cc4ccccc4o3)c3cc4ccccc4cc23)cc(C(F)(F)F)c1. The summed E-state index contributed by atoms with van der Waals surface area (Å²) in [6.45, 7) is 1.65. The van der Waals surface area contributed by atoms with Crippen LogP contribution in [0.5, 0.6) is 0 Å². The van der Waals surface area contributed by atoms with Gasteiger partial charge in [0.25, 0.3) is 0 Å². The van der Waals surface area contributed by atoms with Crippen LogP contribution in [0.3, 0.4) is 0 Å². The Morgan fingerprint density at radius 2 is 1.29 bits per heavy atom. The van der Waals surface area contributed by atoms with Gasteiger partial charge in [-0.3, -0.25) is 0 Å². The molecule has 2 heterocycles. The molecule has 0 fully saturated rings. The summed E-state index contributed by atoms with van der Waals surface area (Å²) in [5.74, 6) is 0.556. The fraction of sp³-hybridized carbons (Fsp3) is 0.0714. The number of fused-ring (bicyclic) bond motifs is 3. The van der Waals surface area contributed by atoms with Crippen molar-refractivity contribution in [2.24, 2.45) is 0 Å². The molecule has 0 saturated carbocycles. The van der Waals surface area contributed by atoms with Gasteiger partial charge in [-0.1, -0.05) is 42.5 Å². The Labute approximate surface area is 192 Å². The van der Waals surface area contributed by atoms with E-state index in [1.54, 1.807) is 13.0 Å². The van der Waals surface area contributed by atoms with Crippen LogP contribution in [0.15, 0.2) is 89.3 Å². The Kier molecular flexibility index (Phi) is 4.45. The monoisotopic (exact) mass is 454 g/mol. The van der Waals surface area contributed by atoms with Gasteiger partial charge in [0, 0.05) is 21.7 Å². The zero-order valence-corrected chi connectivity index (χ0v) is 18.0. The van der Waals surface area contributed by atoms with Crippen LogP contribution >= 0.6 is 0 Å². The highest BCUT2D eigenvalue weighted by Gasteiger charge is 2.31. The number of aryl methyl sites for hydroxylation is 1. The quantitative estimate of drug-likeness (QED) is 0.248. The van der Waals surface area contributed by atoms with Gasteiger partial charge in [-0.2, -0.15) is 13.2 Å². The van der Waals surface area contributed by atoms with Gasteiger partial charge in [-0.05, 0) is 65.7 Å². The highest BCUT2D eigenvalue weighted by molar-refractivity contribution is 6.08. The fourth-order valence-electron chi connectivity index (χ4n) is 4.42. The summed E-state index contributed by atoms with van der Waals surface area (Å²) < 4.78 is 46.6. The second kappa shape index (κ2) is 7.42. The van der Waals surface area contributed by atoms with E-state index in [-0.39, 0.29) is 0 Å². The molecule has 6 rings (SSSR count). The Morgan fingerprint density at radius 3 is 1.97 bits per heavy atom. The Morgan fingerprint density at radius 1 is 0.676 bits per heavy atom. The molecule has 0 saturated heterocycles. The summed E-state index contributed by atoms with van der Waals surface area (Å²) in [5.41, 5.74) is 1.84. The molecule has 0 aliphatic heterocycles. The van der Waals surface area contributed by atoms with Gasteiger partial charge in [0.15, 0.2) is 5.76 Å². The maximum Gasteiger partial charge on any atom is 0.416 e. The van der Waals surface area contributed by atoms with Gasteiger partial charge in [-0.15, -0.1) is 10.2 Å². The van der Waals surface area contributed by atoms with Crippen LogP contribution in [0.1, 0.15) is 11.1 Å². The number of nitrogens with zero attached hydrogens (tertiary/aromatic N) is 2. The molecule has 0 unspecified atom stereocenters. The third-order valence-corrected chi connectivity index (χ3v) is 5.98. The lowest BCUT2D eigenvalue weighted by atomic mass is 9.96. The van der Waals surface area contributed by atoms with Gasteiger partial charge in [0.2, 0.25) is 0 Å². The van der Waals surface area contributed by atoms with Crippen molar-refractivity contribution >= 4 is 32.5 Å². The van der Waals surface area contributed by atoms with Crippen LogP contribution < -0.4 is 0 Å². The van der Waals surface area contributed by atoms with Crippen LogP contribution in [-0.4, -0.2) is 10.2 Å². The van der Waals surface area contributed by atoms with E-state index in [1.807, 2.05) is 66.7 Å². The van der Waals surface area contributed by atoms with Crippen LogP contribution in [-0.2, 0) is 6.18 Å². The summed E-state index contributed by atoms with van der Waals surface area (Å²) in [6, 6.07) is 25.3. The number of rotatable bonds is 2. The Hall–Kier alpha value is -4.19. The van der Waals surface area contributed by atoms with Gasteiger partial charge < -0.3 is 4.42 Å². The van der Waals surface area contributed by atoms with Crippen molar-refractivity contribution in [2.45, 2.75) is 13.1 Å². The predicted octanol–water partition coefficient (Wildman–Crippen LogP) is 8.19. The van der Waals surface area contributed by atoms with E-state index in [0.29, 0.717) is 33.7 Å². The maximum absolute atomic E-state index is 13.5. The number of aromatic nitrogens is 2. The molecule has 0 amide bonds. The largest absolute Gasteiger partial charge is 0.454 e. The molecule has 0 radical (unpaired) electrons. The summed E-state index contributed by atoms with van der Waals surface area (Å²) in [6.07, 6.45) is -4.45. The Balaban J connectivity index is 1.67. The zero-order valence-electron chi connectivity index (χ0n) is 18.0. The first kappa shape index (κ1) is 20.4. The van der Waals surface area contributed by atoms with E-state index in [9.17, 15) is 13.2 Å². The smallest absolute Gasteiger partial charge is 0.416 e. The molecule has 0 bridgehead atoms. The number of furan rings is 1. The predicted molar refractivity (Wildman–Crippen MR) is 127 cm³/mol. The van der Waals surface area contributed by atoms with Gasteiger partial charge >= 0.3 is 6.18 Å². The minimum absolute atomic E-state index is 0.372. The van der Waals surface area contributed by atoms with Crippen molar-refractivity contribution in [2.75, 3.05) is 0 Å². The molecule has 0 atom stereocenters. The lowest BCUT2D eigenvalue weighted by Crippen LogP contribution is -2.06.